The Kier molecular flexibility index (Phi) is 4.37. The van der Waals surface area contributed by atoms with Crippen molar-refractivity contribution in [3.05, 3.63) is 53.6 Å². The van der Waals surface area contributed by atoms with E-state index in [1.807, 2.05) is 56.3 Å². The molecule has 0 aliphatic carbocycles. The largest absolute Gasteiger partial charge is 0.486 e. The number of nitrogens with one attached hydrogen (secondary N) is 2. The molecule has 5 heteroatoms. The number of carbonyl (C=O) groups excluding carboxylic acids is 1. The molecular weight excluding hydrogens is 292 g/mol. The molecular formula is C18H20N2O3. The number of carbonyl (C=O) groups is 1. The van der Waals surface area contributed by atoms with Crippen molar-refractivity contribution in [1.82, 2.24) is 5.32 Å². The van der Waals surface area contributed by atoms with Crippen molar-refractivity contribution in [3.63, 3.8) is 0 Å². The maximum absolute atomic E-state index is 12.1. The molecule has 3 rings (SSSR count). The van der Waals surface area contributed by atoms with Gasteiger partial charge >= 0.3 is 6.03 Å². The molecule has 2 aromatic rings. The molecule has 1 atom stereocenters. The van der Waals surface area contributed by atoms with Crippen LogP contribution in [0, 0.1) is 6.92 Å². The summed E-state index contributed by atoms with van der Waals surface area (Å²) < 4.78 is 11.1. The predicted molar refractivity (Wildman–Crippen MR) is 89.2 cm³/mol. The molecule has 0 bridgehead atoms. The zero-order valence-corrected chi connectivity index (χ0v) is 13.3. The fourth-order valence-electron chi connectivity index (χ4n) is 2.41. The maximum atomic E-state index is 12.1. The van der Waals surface area contributed by atoms with Crippen LogP contribution in [0.4, 0.5) is 10.5 Å². The van der Waals surface area contributed by atoms with Crippen molar-refractivity contribution >= 4 is 11.7 Å². The number of anilines is 1. The Morgan fingerprint density at radius 2 is 1.74 bits per heavy atom. The molecule has 0 saturated carbocycles. The highest BCUT2D eigenvalue weighted by Gasteiger charge is 2.15. The summed E-state index contributed by atoms with van der Waals surface area (Å²) >= 11 is 0. The van der Waals surface area contributed by atoms with Gasteiger partial charge in [-0.05, 0) is 43.7 Å². The molecule has 5 nitrogen and oxygen atoms in total. The summed E-state index contributed by atoms with van der Waals surface area (Å²) in [4.78, 5) is 12.1. The van der Waals surface area contributed by atoms with Gasteiger partial charge in [0.25, 0.3) is 0 Å². The first kappa shape index (κ1) is 15.2. The van der Waals surface area contributed by atoms with E-state index in [1.165, 1.54) is 0 Å². The number of hydrogen-bond acceptors (Lipinski definition) is 3. The highest BCUT2D eigenvalue weighted by Crippen LogP contribution is 2.32. The van der Waals surface area contributed by atoms with Gasteiger partial charge in [0.05, 0.1) is 6.04 Å². The standard InChI is InChI=1S/C18H20N2O3/c1-12-3-6-15(7-4-12)20-18(21)19-13(2)14-5-8-16-17(11-14)23-10-9-22-16/h3-8,11,13H,9-10H2,1-2H3,(H2,19,20,21). The number of benzene rings is 2. The third-order valence-electron chi connectivity index (χ3n) is 3.72. The fraction of sp³-hybridized carbons (Fsp3) is 0.278. The summed E-state index contributed by atoms with van der Waals surface area (Å²) in [6.07, 6.45) is 0. The average molecular weight is 312 g/mol. The van der Waals surface area contributed by atoms with Crippen LogP contribution in [0.3, 0.4) is 0 Å². The number of aryl methyl sites for hydroxylation is 1. The van der Waals surface area contributed by atoms with Crippen molar-refractivity contribution in [2.45, 2.75) is 19.9 Å². The van der Waals surface area contributed by atoms with E-state index in [4.69, 9.17) is 9.47 Å². The molecule has 2 amide bonds. The first-order valence-electron chi connectivity index (χ1n) is 7.65. The van der Waals surface area contributed by atoms with Gasteiger partial charge < -0.3 is 20.1 Å². The van der Waals surface area contributed by atoms with Crippen LogP contribution >= 0.6 is 0 Å². The molecule has 2 aromatic carbocycles. The lowest BCUT2D eigenvalue weighted by atomic mass is 10.1. The van der Waals surface area contributed by atoms with Crippen molar-refractivity contribution < 1.29 is 14.3 Å². The molecule has 1 heterocycles. The van der Waals surface area contributed by atoms with E-state index in [9.17, 15) is 4.79 Å². The van der Waals surface area contributed by atoms with E-state index >= 15 is 0 Å². The molecule has 0 fully saturated rings. The second-order valence-corrected chi connectivity index (χ2v) is 5.59. The van der Waals surface area contributed by atoms with Gasteiger partial charge in [0.2, 0.25) is 0 Å². The third-order valence-corrected chi connectivity index (χ3v) is 3.72. The number of fused-ring (bicyclic) bond motifs is 1. The third kappa shape index (κ3) is 3.74. The predicted octanol–water partition coefficient (Wildman–Crippen LogP) is 3.65. The van der Waals surface area contributed by atoms with Gasteiger partial charge in [0.1, 0.15) is 13.2 Å². The lowest BCUT2D eigenvalue weighted by molar-refractivity contribution is 0.171. The molecule has 2 N–H and O–H groups in total. The smallest absolute Gasteiger partial charge is 0.319 e. The van der Waals surface area contributed by atoms with Gasteiger partial charge in [-0.2, -0.15) is 0 Å². The maximum Gasteiger partial charge on any atom is 0.319 e. The highest BCUT2D eigenvalue weighted by molar-refractivity contribution is 5.89. The molecule has 0 radical (unpaired) electrons. The van der Waals surface area contributed by atoms with Crippen LogP contribution in [-0.2, 0) is 0 Å². The van der Waals surface area contributed by atoms with E-state index in [0.29, 0.717) is 13.2 Å². The number of hydrogen-bond donors (Lipinski definition) is 2. The number of urea groups is 1. The van der Waals surface area contributed by atoms with E-state index in [0.717, 1.165) is 28.3 Å². The first-order valence-corrected chi connectivity index (χ1v) is 7.65. The monoisotopic (exact) mass is 312 g/mol. The van der Waals surface area contributed by atoms with E-state index in [-0.39, 0.29) is 12.1 Å². The van der Waals surface area contributed by atoms with Gasteiger partial charge in [-0.3, -0.25) is 0 Å². The van der Waals surface area contributed by atoms with Crippen LogP contribution in [0.1, 0.15) is 24.1 Å². The Morgan fingerprint density at radius 1 is 1.04 bits per heavy atom. The molecule has 0 saturated heterocycles. The molecule has 120 valence electrons. The second-order valence-electron chi connectivity index (χ2n) is 5.59. The minimum Gasteiger partial charge on any atom is -0.486 e. The first-order chi connectivity index (χ1) is 11.1. The summed E-state index contributed by atoms with van der Waals surface area (Å²) in [5, 5.41) is 5.75. The lowest BCUT2D eigenvalue weighted by Gasteiger charge is -2.21. The van der Waals surface area contributed by atoms with E-state index in [1.54, 1.807) is 0 Å². The summed E-state index contributed by atoms with van der Waals surface area (Å²) in [5.41, 5.74) is 2.89. The van der Waals surface area contributed by atoms with Crippen molar-refractivity contribution in [2.24, 2.45) is 0 Å². The van der Waals surface area contributed by atoms with Gasteiger partial charge in [-0.1, -0.05) is 23.8 Å². The quantitative estimate of drug-likeness (QED) is 0.909. The van der Waals surface area contributed by atoms with Gasteiger partial charge in [-0.25, -0.2) is 4.79 Å². The van der Waals surface area contributed by atoms with Gasteiger partial charge in [0, 0.05) is 5.69 Å². The van der Waals surface area contributed by atoms with Gasteiger partial charge in [0.15, 0.2) is 11.5 Å². The lowest BCUT2D eigenvalue weighted by Crippen LogP contribution is -2.31. The van der Waals surface area contributed by atoms with Crippen molar-refractivity contribution in [3.8, 4) is 11.5 Å². The Labute approximate surface area is 135 Å². The fourth-order valence-corrected chi connectivity index (χ4v) is 2.41. The van der Waals surface area contributed by atoms with Crippen LogP contribution in [0.5, 0.6) is 11.5 Å². The van der Waals surface area contributed by atoms with Crippen LogP contribution in [0.2, 0.25) is 0 Å². The molecule has 23 heavy (non-hydrogen) atoms. The van der Waals surface area contributed by atoms with Crippen LogP contribution < -0.4 is 20.1 Å². The van der Waals surface area contributed by atoms with Crippen LogP contribution in [0.15, 0.2) is 42.5 Å². The van der Waals surface area contributed by atoms with Gasteiger partial charge in [-0.15, -0.1) is 0 Å². The second kappa shape index (κ2) is 6.60. The summed E-state index contributed by atoms with van der Waals surface area (Å²) in [6.45, 7) is 5.05. The minimum absolute atomic E-state index is 0.142. The number of ether oxygens (including phenoxy) is 2. The normalized spacial score (nSPS) is 14.0. The number of rotatable bonds is 3. The Hall–Kier alpha value is -2.69. The Morgan fingerprint density at radius 3 is 2.48 bits per heavy atom. The number of amides is 2. The topological polar surface area (TPSA) is 59.6 Å². The van der Waals surface area contributed by atoms with Crippen molar-refractivity contribution in [1.29, 1.82) is 0 Å². The van der Waals surface area contributed by atoms with E-state index < -0.39 is 0 Å². The molecule has 1 unspecified atom stereocenters. The van der Waals surface area contributed by atoms with Crippen LogP contribution in [0.25, 0.3) is 0 Å². The van der Waals surface area contributed by atoms with Crippen LogP contribution in [-0.4, -0.2) is 19.2 Å². The summed E-state index contributed by atoms with van der Waals surface area (Å²) in [6, 6.07) is 13.0. The van der Waals surface area contributed by atoms with Crippen molar-refractivity contribution in [2.75, 3.05) is 18.5 Å². The molecule has 1 aliphatic rings. The zero-order chi connectivity index (χ0) is 16.2. The summed E-state index contributed by atoms with van der Waals surface area (Å²) in [7, 11) is 0. The average Bonchev–Trinajstić information content (AvgIpc) is 2.56. The SMILES string of the molecule is Cc1ccc(NC(=O)NC(C)c2ccc3c(c2)OCCO3)cc1. The zero-order valence-electron chi connectivity index (χ0n) is 13.3. The van der Waals surface area contributed by atoms with E-state index in [2.05, 4.69) is 10.6 Å². The summed E-state index contributed by atoms with van der Waals surface area (Å²) in [5.74, 6) is 1.47. The Bertz CT molecular complexity index is 698. The molecule has 0 aromatic heterocycles. The minimum atomic E-state index is -0.240. The molecule has 0 spiro atoms. The highest BCUT2D eigenvalue weighted by atomic mass is 16.6. The molecule has 1 aliphatic heterocycles. The Balaban J connectivity index is 1.63.